The number of rotatable bonds is 2. The second-order valence-electron chi connectivity index (χ2n) is 5.92. The Kier molecular flexibility index (Phi) is 4.06. The largest absolute Gasteiger partial charge is 0.340 e. The number of H-pyrrole nitrogens is 1. The zero-order valence-corrected chi connectivity index (χ0v) is 15.1. The Morgan fingerprint density at radius 1 is 1.29 bits per heavy atom. The summed E-state index contributed by atoms with van der Waals surface area (Å²) >= 11 is 9.64. The van der Waals surface area contributed by atoms with Crippen LogP contribution < -0.4 is 0 Å². The van der Waals surface area contributed by atoms with Crippen LogP contribution in [0.4, 0.5) is 0 Å². The second kappa shape index (κ2) is 6.22. The van der Waals surface area contributed by atoms with Crippen LogP contribution >= 0.6 is 27.5 Å². The first-order chi connectivity index (χ1) is 11.6. The maximum Gasteiger partial charge on any atom is 0.256 e. The van der Waals surface area contributed by atoms with Gasteiger partial charge in [-0.1, -0.05) is 39.7 Å². The lowest BCUT2D eigenvalue weighted by Crippen LogP contribution is -2.31. The molecule has 1 unspecified atom stereocenters. The molecule has 24 heavy (non-hydrogen) atoms. The van der Waals surface area contributed by atoms with Crippen LogP contribution in [-0.2, 0) is 0 Å². The van der Waals surface area contributed by atoms with E-state index in [9.17, 15) is 4.79 Å². The van der Waals surface area contributed by atoms with E-state index in [-0.39, 0.29) is 11.9 Å². The minimum absolute atomic E-state index is 0.0417. The monoisotopic (exact) mass is 403 g/mol. The molecule has 1 atom stereocenters. The van der Waals surface area contributed by atoms with Gasteiger partial charge in [0.15, 0.2) is 0 Å². The van der Waals surface area contributed by atoms with Crippen molar-refractivity contribution in [2.45, 2.75) is 18.9 Å². The topological polar surface area (TPSA) is 49.0 Å². The van der Waals surface area contributed by atoms with Gasteiger partial charge in [-0.05, 0) is 43.2 Å². The zero-order valence-electron chi connectivity index (χ0n) is 12.8. The van der Waals surface area contributed by atoms with Gasteiger partial charge in [0.05, 0.1) is 27.7 Å². The molecule has 4 nitrogen and oxygen atoms in total. The van der Waals surface area contributed by atoms with Crippen LogP contribution in [0.3, 0.4) is 0 Å². The number of imidazole rings is 1. The Morgan fingerprint density at radius 2 is 2.12 bits per heavy atom. The van der Waals surface area contributed by atoms with Crippen molar-refractivity contribution in [3.63, 3.8) is 0 Å². The average Bonchev–Trinajstić information content (AvgIpc) is 3.22. The number of benzene rings is 2. The third-order valence-corrected chi connectivity index (χ3v) is 5.22. The van der Waals surface area contributed by atoms with E-state index in [0.717, 1.165) is 34.2 Å². The van der Waals surface area contributed by atoms with Crippen molar-refractivity contribution in [2.75, 3.05) is 6.54 Å². The zero-order chi connectivity index (χ0) is 16.7. The number of hydrogen-bond donors (Lipinski definition) is 1. The van der Waals surface area contributed by atoms with E-state index in [0.29, 0.717) is 17.1 Å². The molecule has 0 radical (unpaired) electrons. The molecule has 6 heteroatoms. The minimum atomic E-state index is -0.0516. The van der Waals surface area contributed by atoms with Gasteiger partial charge in [-0.15, -0.1) is 0 Å². The summed E-state index contributed by atoms with van der Waals surface area (Å²) in [7, 11) is 0. The van der Waals surface area contributed by atoms with E-state index in [2.05, 4.69) is 25.9 Å². The van der Waals surface area contributed by atoms with Gasteiger partial charge in [0, 0.05) is 11.0 Å². The molecule has 0 aliphatic carbocycles. The van der Waals surface area contributed by atoms with Crippen molar-refractivity contribution in [3.8, 4) is 0 Å². The Morgan fingerprint density at radius 3 is 2.96 bits per heavy atom. The Balaban J connectivity index is 1.69. The molecule has 2 aromatic carbocycles. The summed E-state index contributed by atoms with van der Waals surface area (Å²) in [6, 6.07) is 13.2. The summed E-state index contributed by atoms with van der Waals surface area (Å²) in [4.78, 5) is 22.9. The number of carbonyl (C=O) groups is 1. The first kappa shape index (κ1) is 15.7. The van der Waals surface area contributed by atoms with Crippen molar-refractivity contribution < 1.29 is 4.79 Å². The molecule has 1 aromatic heterocycles. The molecule has 1 fully saturated rings. The molecule has 1 aliphatic rings. The number of halogens is 2. The van der Waals surface area contributed by atoms with Gasteiger partial charge < -0.3 is 9.88 Å². The van der Waals surface area contributed by atoms with Crippen molar-refractivity contribution >= 4 is 44.5 Å². The molecule has 1 saturated heterocycles. The highest BCUT2D eigenvalue weighted by Crippen LogP contribution is 2.34. The van der Waals surface area contributed by atoms with E-state index in [1.165, 1.54) is 0 Å². The van der Waals surface area contributed by atoms with Crippen LogP contribution in [0.5, 0.6) is 0 Å². The Labute approximate surface area is 153 Å². The number of aromatic nitrogens is 2. The quantitative estimate of drug-likeness (QED) is 0.656. The molecule has 1 aliphatic heterocycles. The first-order valence-corrected chi connectivity index (χ1v) is 9.01. The van der Waals surface area contributed by atoms with E-state index in [1.807, 2.05) is 35.2 Å². The fourth-order valence-corrected chi connectivity index (χ4v) is 3.80. The van der Waals surface area contributed by atoms with Crippen molar-refractivity contribution in [3.05, 3.63) is 63.3 Å². The maximum atomic E-state index is 13.0. The molecule has 122 valence electrons. The summed E-state index contributed by atoms with van der Waals surface area (Å²) < 4.78 is 0.842. The summed E-state index contributed by atoms with van der Waals surface area (Å²) in [6.45, 7) is 0.712. The highest BCUT2D eigenvalue weighted by atomic mass is 79.9. The molecule has 0 bridgehead atoms. The predicted molar refractivity (Wildman–Crippen MR) is 98.3 cm³/mol. The molecular formula is C18H15BrClN3O. The maximum absolute atomic E-state index is 13.0. The van der Waals surface area contributed by atoms with E-state index in [4.69, 9.17) is 11.6 Å². The fraction of sp³-hybridized carbons (Fsp3) is 0.222. The summed E-state index contributed by atoms with van der Waals surface area (Å²) in [5, 5.41) is 0.471. The van der Waals surface area contributed by atoms with Crippen LogP contribution in [0.2, 0.25) is 5.02 Å². The second-order valence-corrected chi connectivity index (χ2v) is 7.24. The van der Waals surface area contributed by atoms with Crippen LogP contribution in [0.1, 0.15) is 35.1 Å². The van der Waals surface area contributed by atoms with Crippen LogP contribution in [-0.4, -0.2) is 27.3 Å². The van der Waals surface area contributed by atoms with Gasteiger partial charge in [-0.2, -0.15) is 0 Å². The van der Waals surface area contributed by atoms with E-state index in [1.54, 1.807) is 12.1 Å². The van der Waals surface area contributed by atoms with Gasteiger partial charge in [0.1, 0.15) is 5.82 Å². The molecule has 1 amide bonds. The first-order valence-electron chi connectivity index (χ1n) is 7.84. The summed E-state index contributed by atoms with van der Waals surface area (Å²) in [5.41, 5.74) is 2.44. The molecule has 3 aromatic rings. The fourth-order valence-electron chi connectivity index (χ4n) is 3.24. The van der Waals surface area contributed by atoms with Crippen molar-refractivity contribution in [2.24, 2.45) is 0 Å². The number of fused-ring (bicyclic) bond motifs is 1. The molecular weight excluding hydrogens is 390 g/mol. The number of hydrogen-bond acceptors (Lipinski definition) is 2. The normalized spacial score (nSPS) is 17.6. The number of likely N-dealkylation sites (tertiary alicyclic amines) is 1. The molecule has 1 N–H and O–H groups in total. The third kappa shape index (κ3) is 2.72. The Hall–Kier alpha value is -1.85. The molecule has 0 saturated carbocycles. The van der Waals surface area contributed by atoms with Crippen LogP contribution in [0, 0.1) is 0 Å². The molecule has 0 spiro atoms. The Bertz CT molecular complexity index is 891. The molecule has 2 heterocycles. The predicted octanol–water partition coefficient (Wildman–Crippen LogP) is 4.96. The van der Waals surface area contributed by atoms with Gasteiger partial charge in [-0.25, -0.2) is 4.98 Å². The minimum Gasteiger partial charge on any atom is -0.340 e. The van der Waals surface area contributed by atoms with E-state index >= 15 is 0 Å². The number of carbonyl (C=O) groups excluding carboxylic acids is 1. The van der Waals surface area contributed by atoms with Gasteiger partial charge in [-0.3, -0.25) is 4.79 Å². The van der Waals surface area contributed by atoms with Crippen molar-refractivity contribution in [1.29, 1.82) is 0 Å². The van der Waals surface area contributed by atoms with Gasteiger partial charge in [0.2, 0.25) is 0 Å². The lowest BCUT2D eigenvalue weighted by molar-refractivity contribution is 0.0730. The summed E-state index contributed by atoms with van der Waals surface area (Å²) in [6.07, 6.45) is 1.86. The van der Waals surface area contributed by atoms with Gasteiger partial charge in [0.25, 0.3) is 5.91 Å². The van der Waals surface area contributed by atoms with Crippen LogP contribution in [0.15, 0.2) is 46.9 Å². The molecule has 4 rings (SSSR count). The SMILES string of the molecule is O=C(c1cc(Br)ccc1Cl)N1CCCC1c1nc2ccccc2[nH]1. The highest BCUT2D eigenvalue weighted by molar-refractivity contribution is 9.10. The lowest BCUT2D eigenvalue weighted by atomic mass is 10.1. The number of nitrogens with zero attached hydrogens (tertiary/aromatic N) is 2. The van der Waals surface area contributed by atoms with Crippen LogP contribution in [0.25, 0.3) is 11.0 Å². The summed E-state index contributed by atoms with van der Waals surface area (Å²) in [5.74, 6) is 0.789. The third-order valence-electron chi connectivity index (χ3n) is 4.40. The lowest BCUT2D eigenvalue weighted by Gasteiger charge is -2.23. The number of para-hydroxylation sites is 2. The number of aromatic amines is 1. The number of amides is 1. The van der Waals surface area contributed by atoms with Gasteiger partial charge >= 0.3 is 0 Å². The number of nitrogens with one attached hydrogen (secondary N) is 1. The highest BCUT2D eigenvalue weighted by Gasteiger charge is 2.33. The van der Waals surface area contributed by atoms with E-state index < -0.39 is 0 Å². The smallest absolute Gasteiger partial charge is 0.256 e. The standard InChI is InChI=1S/C18H15BrClN3O/c19-11-7-8-13(20)12(10-11)18(24)23-9-3-6-16(23)17-21-14-4-1-2-5-15(14)22-17/h1-2,4-5,7-8,10,16H,3,6,9H2,(H,21,22). The van der Waals surface area contributed by atoms with Crippen molar-refractivity contribution in [1.82, 2.24) is 14.9 Å². The average molecular weight is 405 g/mol.